The Morgan fingerprint density at radius 2 is 1.58 bits per heavy atom. The van der Waals surface area contributed by atoms with Gasteiger partial charge in [0.25, 0.3) is 0 Å². The summed E-state index contributed by atoms with van der Waals surface area (Å²) in [5, 5.41) is 7.89. The number of rotatable bonds is 16. The number of benzene rings is 3. The Labute approximate surface area is 226 Å². The topological polar surface area (TPSA) is 68.6 Å². The summed E-state index contributed by atoms with van der Waals surface area (Å²) in [4.78, 5) is 11.0. The number of aryl methyl sites for hydroxylation is 1. The Morgan fingerprint density at radius 1 is 0.895 bits per heavy atom. The lowest BCUT2D eigenvalue weighted by molar-refractivity contribution is -0.137. The van der Waals surface area contributed by atoms with Crippen molar-refractivity contribution in [3.63, 3.8) is 0 Å². The van der Waals surface area contributed by atoms with Crippen LogP contribution in [0.2, 0.25) is 0 Å². The second kappa shape index (κ2) is 15.2. The van der Waals surface area contributed by atoms with Crippen LogP contribution in [0.25, 0.3) is 16.9 Å². The molecule has 0 spiro atoms. The molecule has 0 bridgehead atoms. The Balaban J connectivity index is 1.48. The molecule has 3 aromatic carbocycles. The van der Waals surface area contributed by atoms with Crippen molar-refractivity contribution >= 4 is 17.9 Å². The molecule has 0 saturated carbocycles. The average molecular weight is 512 g/mol. The van der Waals surface area contributed by atoms with Gasteiger partial charge >= 0.3 is 5.97 Å². The number of carbonyl (C=O) groups excluding carboxylic acids is 1. The van der Waals surface area contributed by atoms with Crippen molar-refractivity contribution in [2.24, 2.45) is 0 Å². The third kappa shape index (κ3) is 8.77. The van der Waals surface area contributed by atoms with Crippen molar-refractivity contribution < 1.29 is 19.0 Å². The minimum absolute atomic E-state index is 0.373. The van der Waals surface area contributed by atoms with Gasteiger partial charge in [-0.2, -0.15) is 0 Å². The second-order valence-electron chi connectivity index (χ2n) is 9.03. The Morgan fingerprint density at radius 3 is 2.24 bits per heavy atom. The van der Waals surface area contributed by atoms with Gasteiger partial charge in [-0.05, 0) is 85.2 Å². The largest absolute Gasteiger partial charge is 0.494 e. The third-order valence-electron chi connectivity index (χ3n) is 6.12. The Kier molecular flexibility index (Phi) is 11.4. The summed E-state index contributed by atoms with van der Waals surface area (Å²) >= 11 is 0. The molecule has 0 fully saturated rings. The first-order valence-electron chi connectivity index (χ1n) is 13.2. The molecule has 1 N–H and O–H groups in total. The number of nitrogens with one attached hydrogen (secondary N) is 1. The average Bonchev–Trinajstić information content (AvgIpc) is 2.95. The standard InChI is InChI=1S/C33H37NO4/c1-4-10-26-11-13-28(14-12-26)29-17-20-32(30(23-29)24-34)38-25(3)27-15-18-31(19-16-27)36-21-8-6-7-9-22-37-33(35)5-2/h5,11-20,23-24,34H,2-4,6-10,21-22H2,1H3. The number of carbonyl (C=O) groups is 1. The fourth-order valence-electron chi connectivity index (χ4n) is 3.99. The molecule has 0 aliphatic heterocycles. The van der Waals surface area contributed by atoms with Crippen LogP contribution in [0.4, 0.5) is 0 Å². The molecule has 0 saturated heterocycles. The van der Waals surface area contributed by atoms with Crippen molar-refractivity contribution in [2.75, 3.05) is 13.2 Å². The number of hydrogen-bond acceptors (Lipinski definition) is 5. The molecule has 0 amide bonds. The van der Waals surface area contributed by atoms with Gasteiger partial charge in [-0.15, -0.1) is 0 Å². The molecule has 38 heavy (non-hydrogen) atoms. The first-order chi connectivity index (χ1) is 18.5. The van der Waals surface area contributed by atoms with Crippen LogP contribution in [-0.2, 0) is 16.0 Å². The third-order valence-corrected chi connectivity index (χ3v) is 6.12. The highest BCUT2D eigenvalue weighted by atomic mass is 16.5. The van der Waals surface area contributed by atoms with Gasteiger partial charge in [0.2, 0.25) is 0 Å². The molecular weight excluding hydrogens is 474 g/mol. The van der Waals surface area contributed by atoms with Crippen LogP contribution in [-0.4, -0.2) is 25.4 Å². The lowest BCUT2D eigenvalue weighted by Crippen LogP contribution is -2.02. The Hall–Kier alpha value is -4.12. The van der Waals surface area contributed by atoms with Crippen LogP contribution in [0.3, 0.4) is 0 Å². The monoisotopic (exact) mass is 511 g/mol. The van der Waals surface area contributed by atoms with Gasteiger partial charge < -0.3 is 19.6 Å². The predicted octanol–water partition coefficient (Wildman–Crippen LogP) is 8.02. The van der Waals surface area contributed by atoms with Gasteiger partial charge in [0.15, 0.2) is 0 Å². The van der Waals surface area contributed by atoms with Crippen LogP contribution >= 0.6 is 0 Å². The van der Waals surface area contributed by atoms with E-state index in [-0.39, 0.29) is 5.97 Å². The molecule has 5 nitrogen and oxygen atoms in total. The SMILES string of the molecule is C=CC(=O)OCCCCCCOc1ccc(C(=C)Oc2ccc(-c3ccc(CCC)cc3)cc2C=N)cc1. The van der Waals surface area contributed by atoms with Crippen LogP contribution in [0, 0.1) is 5.41 Å². The lowest BCUT2D eigenvalue weighted by Gasteiger charge is -2.13. The maximum Gasteiger partial charge on any atom is 0.330 e. The Bertz CT molecular complexity index is 1210. The maximum absolute atomic E-state index is 11.0. The van der Waals surface area contributed by atoms with Gasteiger partial charge in [0, 0.05) is 23.4 Å². The van der Waals surface area contributed by atoms with E-state index in [9.17, 15) is 4.79 Å². The number of ether oxygens (including phenoxy) is 3. The number of hydrogen-bond donors (Lipinski definition) is 1. The summed E-state index contributed by atoms with van der Waals surface area (Å²) in [5.74, 6) is 1.52. The van der Waals surface area contributed by atoms with Crippen LogP contribution < -0.4 is 9.47 Å². The van der Waals surface area contributed by atoms with Gasteiger partial charge in [-0.25, -0.2) is 4.79 Å². The zero-order chi connectivity index (χ0) is 27.2. The molecule has 0 atom stereocenters. The van der Waals surface area contributed by atoms with Gasteiger partial charge in [0.1, 0.15) is 17.3 Å². The normalized spacial score (nSPS) is 10.4. The van der Waals surface area contributed by atoms with E-state index in [1.165, 1.54) is 17.9 Å². The number of esters is 1. The van der Waals surface area contributed by atoms with E-state index >= 15 is 0 Å². The molecule has 0 radical (unpaired) electrons. The first-order valence-corrected chi connectivity index (χ1v) is 13.2. The molecule has 0 heterocycles. The lowest BCUT2D eigenvalue weighted by atomic mass is 10.0. The molecule has 0 aliphatic rings. The van der Waals surface area contributed by atoms with E-state index in [1.54, 1.807) is 0 Å². The minimum Gasteiger partial charge on any atom is -0.494 e. The van der Waals surface area contributed by atoms with Crippen molar-refractivity contribution in [1.82, 2.24) is 0 Å². The number of unbranched alkanes of at least 4 members (excludes halogenated alkanes) is 3. The van der Waals surface area contributed by atoms with E-state index in [1.807, 2.05) is 42.5 Å². The highest BCUT2D eigenvalue weighted by molar-refractivity contribution is 5.85. The first kappa shape index (κ1) is 28.5. The maximum atomic E-state index is 11.0. The van der Waals surface area contributed by atoms with E-state index < -0.39 is 0 Å². The van der Waals surface area contributed by atoms with Crippen LogP contribution in [0.1, 0.15) is 55.7 Å². The van der Waals surface area contributed by atoms with E-state index in [4.69, 9.17) is 19.6 Å². The van der Waals surface area contributed by atoms with E-state index in [0.29, 0.717) is 30.3 Å². The quantitative estimate of drug-likeness (QED) is 0.0695. The van der Waals surface area contributed by atoms with Crippen molar-refractivity contribution in [2.45, 2.75) is 45.4 Å². The molecule has 198 valence electrons. The zero-order valence-electron chi connectivity index (χ0n) is 22.2. The van der Waals surface area contributed by atoms with Gasteiger partial charge in [-0.3, -0.25) is 0 Å². The van der Waals surface area contributed by atoms with Crippen molar-refractivity contribution in [3.05, 3.63) is 103 Å². The van der Waals surface area contributed by atoms with Crippen molar-refractivity contribution in [1.29, 1.82) is 5.41 Å². The highest BCUT2D eigenvalue weighted by Gasteiger charge is 2.09. The molecule has 0 aliphatic carbocycles. The molecule has 3 aromatic rings. The summed E-state index contributed by atoms with van der Waals surface area (Å²) in [6.45, 7) is 10.7. The summed E-state index contributed by atoms with van der Waals surface area (Å²) in [6, 6.07) is 22.1. The minimum atomic E-state index is -0.373. The predicted molar refractivity (Wildman–Crippen MR) is 155 cm³/mol. The fourth-order valence-corrected chi connectivity index (χ4v) is 3.99. The van der Waals surface area contributed by atoms with Crippen LogP contribution in [0.15, 0.2) is 86.0 Å². The highest BCUT2D eigenvalue weighted by Crippen LogP contribution is 2.29. The van der Waals surface area contributed by atoms with Crippen molar-refractivity contribution in [3.8, 4) is 22.6 Å². The van der Waals surface area contributed by atoms with E-state index in [2.05, 4.69) is 44.3 Å². The van der Waals surface area contributed by atoms with E-state index in [0.717, 1.165) is 61.0 Å². The molecule has 0 aromatic heterocycles. The van der Waals surface area contributed by atoms with Crippen LogP contribution in [0.5, 0.6) is 11.5 Å². The molecular formula is C33H37NO4. The zero-order valence-corrected chi connectivity index (χ0v) is 22.2. The van der Waals surface area contributed by atoms with Gasteiger partial charge in [0.05, 0.1) is 13.2 Å². The molecule has 5 heteroatoms. The summed E-state index contributed by atoms with van der Waals surface area (Å²) in [7, 11) is 0. The molecule has 0 unspecified atom stereocenters. The molecule has 3 rings (SSSR count). The fraction of sp³-hybridized carbons (Fsp3) is 0.273. The summed E-state index contributed by atoms with van der Waals surface area (Å²) in [5.41, 5.74) is 5.03. The second-order valence-corrected chi connectivity index (χ2v) is 9.03. The van der Waals surface area contributed by atoms with Gasteiger partial charge in [-0.1, -0.05) is 56.8 Å². The summed E-state index contributed by atoms with van der Waals surface area (Å²) in [6.07, 6.45) is 8.44. The smallest absolute Gasteiger partial charge is 0.330 e. The summed E-state index contributed by atoms with van der Waals surface area (Å²) < 4.78 is 16.8.